The number of carbonyl (C=O) groups excluding carboxylic acids is 1. The molecule has 0 radical (unpaired) electrons. The van der Waals surface area contributed by atoms with E-state index in [0.717, 1.165) is 55.8 Å². The Kier molecular flexibility index (Phi) is 8.26. The average molecular weight is 526 g/mol. The maximum absolute atomic E-state index is 13.5. The van der Waals surface area contributed by atoms with Crippen LogP contribution < -0.4 is 14.9 Å². The van der Waals surface area contributed by atoms with Crippen LogP contribution in [0.2, 0.25) is 0 Å². The van der Waals surface area contributed by atoms with Crippen molar-refractivity contribution in [1.82, 2.24) is 9.88 Å². The van der Waals surface area contributed by atoms with Crippen LogP contribution >= 0.6 is 11.3 Å². The summed E-state index contributed by atoms with van der Waals surface area (Å²) in [6.07, 6.45) is 1.30. The number of nitrogens with zero attached hydrogens (tertiary/aromatic N) is 2. The number of aromatic nitrogens is 1. The van der Waals surface area contributed by atoms with Crippen LogP contribution in [0.5, 0.6) is 5.75 Å². The van der Waals surface area contributed by atoms with Gasteiger partial charge in [0.1, 0.15) is 5.75 Å². The molecule has 0 spiro atoms. The van der Waals surface area contributed by atoms with Gasteiger partial charge in [-0.1, -0.05) is 20.8 Å². The normalized spacial score (nSPS) is 21.7. The van der Waals surface area contributed by atoms with Crippen LogP contribution in [0.1, 0.15) is 67.3 Å². The Morgan fingerprint density at radius 3 is 2.69 bits per heavy atom. The first-order valence-electron chi connectivity index (χ1n) is 12.5. The minimum Gasteiger partial charge on any atom is -0.492 e. The Labute approximate surface area is 213 Å². The Bertz CT molecular complexity index is 1120. The zero-order valence-electron chi connectivity index (χ0n) is 21.0. The standard InChI is InChI=1S/C26H34F3N3O3S/c1-25(2,3)22-15-32(14-19-7-5-11-34-19)24(36-22)31-23(33)20-12-18(26(27,28)29)8-9-21(20)35-16-17-6-4-10-30-13-17/h8-9,12,15,17,19,30H,4-7,10-11,13-14,16H2,1-3H3/t17-,19+/m0/s1. The molecule has 2 aliphatic heterocycles. The van der Waals surface area contributed by atoms with Gasteiger partial charge < -0.3 is 19.4 Å². The molecule has 1 aromatic carbocycles. The van der Waals surface area contributed by atoms with Crippen molar-refractivity contribution in [2.45, 2.75) is 70.7 Å². The molecule has 2 saturated heterocycles. The Hall–Kier alpha value is -2.17. The molecule has 2 fully saturated rings. The van der Waals surface area contributed by atoms with Gasteiger partial charge in [-0.2, -0.15) is 18.2 Å². The van der Waals surface area contributed by atoms with Gasteiger partial charge in [0.2, 0.25) is 0 Å². The van der Waals surface area contributed by atoms with Crippen LogP contribution in [0, 0.1) is 5.92 Å². The van der Waals surface area contributed by atoms with Crippen molar-refractivity contribution in [1.29, 1.82) is 0 Å². The number of carbonyl (C=O) groups is 1. The van der Waals surface area contributed by atoms with Crippen molar-refractivity contribution >= 4 is 17.2 Å². The predicted molar refractivity (Wildman–Crippen MR) is 132 cm³/mol. The SMILES string of the molecule is CC(C)(C)c1cn(C[C@H]2CCCO2)c(=NC(=O)c2cc(C(F)(F)F)ccc2OC[C@H]2CCCNC2)s1. The molecule has 10 heteroatoms. The van der Waals surface area contributed by atoms with E-state index < -0.39 is 17.6 Å². The summed E-state index contributed by atoms with van der Waals surface area (Å²) < 4.78 is 54.0. The molecule has 2 aliphatic rings. The molecule has 0 bridgehead atoms. The number of benzene rings is 1. The number of ether oxygens (including phenoxy) is 2. The first-order chi connectivity index (χ1) is 17.0. The van der Waals surface area contributed by atoms with Gasteiger partial charge in [0.25, 0.3) is 5.91 Å². The second kappa shape index (κ2) is 11.1. The first kappa shape index (κ1) is 26.9. The minimum atomic E-state index is -4.58. The summed E-state index contributed by atoms with van der Waals surface area (Å²) in [5, 5.41) is 3.29. The Morgan fingerprint density at radius 2 is 2.06 bits per heavy atom. The molecule has 0 saturated carbocycles. The van der Waals surface area contributed by atoms with Gasteiger partial charge in [0.15, 0.2) is 4.80 Å². The van der Waals surface area contributed by atoms with Crippen molar-refractivity contribution < 1.29 is 27.4 Å². The van der Waals surface area contributed by atoms with E-state index in [4.69, 9.17) is 9.47 Å². The molecule has 2 aromatic rings. The zero-order chi connectivity index (χ0) is 25.9. The fourth-order valence-corrected chi connectivity index (χ4v) is 5.43. The van der Waals surface area contributed by atoms with E-state index in [9.17, 15) is 18.0 Å². The number of alkyl halides is 3. The second-order valence-electron chi connectivity index (χ2n) is 10.6. The van der Waals surface area contributed by atoms with E-state index in [1.54, 1.807) is 0 Å². The van der Waals surface area contributed by atoms with Crippen LogP contribution in [-0.2, 0) is 22.9 Å². The topological polar surface area (TPSA) is 64.9 Å². The highest BCUT2D eigenvalue weighted by Crippen LogP contribution is 2.33. The van der Waals surface area contributed by atoms with Crippen LogP contribution in [-0.4, -0.2) is 42.9 Å². The molecular formula is C26H34F3N3O3S. The molecule has 2 atom stereocenters. The van der Waals surface area contributed by atoms with Gasteiger partial charge in [0, 0.05) is 30.1 Å². The molecule has 0 aliphatic carbocycles. The van der Waals surface area contributed by atoms with Crippen LogP contribution in [0.25, 0.3) is 0 Å². The molecule has 1 aromatic heterocycles. The number of hydrogen-bond donors (Lipinski definition) is 1. The number of rotatable bonds is 6. The number of nitrogens with one attached hydrogen (secondary N) is 1. The van der Waals surface area contributed by atoms with E-state index in [-0.39, 0.29) is 28.7 Å². The smallest absolute Gasteiger partial charge is 0.416 e. The summed E-state index contributed by atoms with van der Waals surface area (Å²) in [5.41, 5.74) is -1.25. The summed E-state index contributed by atoms with van der Waals surface area (Å²) in [7, 11) is 0. The molecule has 0 unspecified atom stereocenters. The lowest BCUT2D eigenvalue weighted by Crippen LogP contribution is -2.33. The summed E-state index contributed by atoms with van der Waals surface area (Å²) in [6.45, 7) is 9.50. The van der Waals surface area contributed by atoms with Crippen molar-refractivity contribution in [2.75, 3.05) is 26.3 Å². The molecule has 1 N–H and O–H groups in total. The number of hydrogen-bond acceptors (Lipinski definition) is 5. The number of thiazole rings is 1. The van der Waals surface area contributed by atoms with E-state index in [0.29, 0.717) is 24.6 Å². The first-order valence-corrected chi connectivity index (χ1v) is 13.3. The summed E-state index contributed by atoms with van der Waals surface area (Å²) in [6, 6.07) is 3.03. The molecule has 3 heterocycles. The summed E-state index contributed by atoms with van der Waals surface area (Å²) >= 11 is 1.37. The lowest BCUT2D eigenvalue weighted by Gasteiger charge is -2.23. The monoisotopic (exact) mass is 525 g/mol. The van der Waals surface area contributed by atoms with Crippen molar-refractivity contribution in [3.05, 3.63) is 45.2 Å². The summed E-state index contributed by atoms with van der Waals surface area (Å²) in [4.78, 5) is 19.1. The van der Waals surface area contributed by atoms with Gasteiger partial charge in [-0.25, -0.2) is 0 Å². The van der Waals surface area contributed by atoms with E-state index in [1.807, 2.05) is 10.8 Å². The van der Waals surface area contributed by atoms with Crippen molar-refractivity contribution in [3.8, 4) is 5.75 Å². The Balaban J connectivity index is 1.68. The van der Waals surface area contributed by atoms with Crippen LogP contribution in [0.4, 0.5) is 13.2 Å². The van der Waals surface area contributed by atoms with Gasteiger partial charge in [-0.15, -0.1) is 11.3 Å². The van der Waals surface area contributed by atoms with E-state index in [2.05, 4.69) is 31.1 Å². The molecule has 198 valence electrons. The summed E-state index contributed by atoms with van der Waals surface area (Å²) in [5.74, 6) is -0.386. The highest BCUT2D eigenvalue weighted by Gasteiger charge is 2.32. The van der Waals surface area contributed by atoms with Crippen molar-refractivity contribution in [2.24, 2.45) is 10.9 Å². The van der Waals surface area contributed by atoms with Gasteiger partial charge >= 0.3 is 6.18 Å². The van der Waals surface area contributed by atoms with Gasteiger partial charge in [-0.3, -0.25) is 4.79 Å². The van der Waals surface area contributed by atoms with Crippen LogP contribution in [0.3, 0.4) is 0 Å². The Morgan fingerprint density at radius 1 is 1.25 bits per heavy atom. The third-order valence-electron chi connectivity index (χ3n) is 6.49. The van der Waals surface area contributed by atoms with Gasteiger partial charge in [0.05, 0.1) is 30.4 Å². The van der Waals surface area contributed by atoms with E-state index >= 15 is 0 Å². The highest BCUT2D eigenvalue weighted by atomic mass is 32.1. The van der Waals surface area contributed by atoms with Crippen molar-refractivity contribution in [3.63, 3.8) is 0 Å². The third-order valence-corrected chi connectivity index (χ3v) is 7.94. The lowest BCUT2D eigenvalue weighted by molar-refractivity contribution is -0.137. The maximum atomic E-state index is 13.5. The molecule has 36 heavy (non-hydrogen) atoms. The second-order valence-corrected chi connectivity index (χ2v) is 11.6. The largest absolute Gasteiger partial charge is 0.492 e. The molecule has 4 rings (SSSR count). The average Bonchev–Trinajstić information content (AvgIpc) is 3.48. The number of halogens is 3. The lowest BCUT2D eigenvalue weighted by atomic mass is 9.95. The quantitative estimate of drug-likeness (QED) is 0.566. The molecule has 1 amide bonds. The minimum absolute atomic E-state index is 0.0259. The number of amides is 1. The fraction of sp³-hybridized carbons (Fsp3) is 0.615. The third kappa shape index (κ3) is 6.77. The number of piperidine rings is 1. The maximum Gasteiger partial charge on any atom is 0.416 e. The fourth-order valence-electron chi connectivity index (χ4n) is 4.37. The molecule has 6 nitrogen and oxygen atoms in total. The van der Waals surface area contributed by atoms with E-state index in [1.165, 1.54) is 17.4 Å². The van der Waals surface area contributed by atoms with Crippen LogP contribution in [0.15, 0.2) is 29.4 Å². The van der Waals surface area contributed by atoms with Gasteiger partial charge in [-0.05, 0) is 55.8 Å². The molecular weight excluding hydrogens is 491 g/mol. The predicted octanol–water partition coefficient (Wildman–Crippen LogP) is 5.16. The highest BCUT2D eigenvalue weighted by molar-refractivity contribution is 7.09. The zero-order valence-corrected chi connectivity index (χ0v) is 21.8.